The van der Waals surface area contributed by atoms with Gasteiger partial charge in [0.25, 0.3) is 5.91 Å². The molecule has 2 aliphatic heterocycles. The summed E-state index contributed by atoms with van der Waals surface area (Å²) in [6.45, 7) is 5.56. The Hall–Kier alpha value is -2.89. The smallest absolute Gasteiger partial charge is 0.254 e. The molecule has 2 aromatic rings. The molecule has 2 aliphatic rings. The van der Waals surface area contributed by atoms with Crippen LogP contribution < -0.4 is 5.56 Å². The predicted molar refractivity (Wildman–Crippen MR) is 101 cm³/mol. The average molecular weight is 365 g/mol. The van der Waals surface area contributed by atoms with Crippen molar-refractivity contribution in [2.45, 2.75) is 19.9 Å². The maximum atomic E-state index is 12.8. The molecule has 27 heavy (non-hydrogen) atoms. The molecule has 0 unspecified atom stereocenters. The Bertz CT molecular complexity index is 951. The third-order valence-corrected chi connectivity index (χ3v) is 5.88. The van der Waals surface area contributed by atoms with Crippen molar-refractivity contribution in [3.63, 3.8) is 0 Å². The van der Waals surface area contributed by atoms with Gasteiger partial charge in [0.2, 0.25) is 11.5 Å². The summed E-state index contributed by atoms with van der Waals surface area (Å²) in [7, 11) is 0. The SMILES string of the molecule is CC(=O)N1C[C@H]2CN(C(=O)c3cc[nH]c(=O)c3)C[C@H]2[C@@H]1c1ccccc1C. The number of nitrogens with zero attached hydrogens (tertiary/aromatic N) is 2. The van der Waals surface area contributed by atoms with E-state index in [1.54, 1.807) is 13.0 Å². The number of H-pyrrole nitrogens is 1. The zero-order valence-corrected chi connectivity index (χ0v) is 15.5. The zero-order chi connectivity index (χ0) is 19.1. The molecule has 0 radical (unpaired) electrons. The van der Waals surface area contributed by atoms with Crippen molar-refractivity contribution in [3.05, 3.63) is 69.6 Å². The topological polar surface area (TPSA) is 73.5 Å². The number of carbonyl (C=O) groups is 2. The normalized spacial score (nSPS) is 24.1. The van der Waals surface area contributed by atoms with Crippen LogP contribution in [0.1, 0.15) is 34.5 Å². The number of carbonyl (C=O) groups excluding carboxylic acids is 2. The van der Waals surface area contributed by atoms with Gasteiger partial charge in [-0.05, 0) is 24.1 Å². The molecule has 6 heteroatoms. The van der Waals surface area contributed by atoms with Crippen molar-refractivity contribution < 1.29 is 9.59 Å². The maximum absolute atomic E-state index is 12.8. The van der Waals surface area contributed by atoms with E-state index in [0.717, 1.165) is 11.1 Å². The molecule has 3 heterocycles. The van der Waals surface area contributed by atoms with E-state index in [4.69, 9.17) is 0 Å². The summed E-state index contributed by atoms with van der Waals surface area (Å²) in [6, 6.07) is 11.1. The first-order valence-electron chi connectivity index (χ1n) is 9.26. The van der Waals surface area contributed by atoms with Crippen LogP contribution in [0.3, 0.4) is 0 Å². The fourth-order valence-corrected chi connectivity index (χ4v) is 4.61. The van der Waals surface area contributed by atoms with Crippen LogP contribution in [-0.2, 0) is 4.79 Å². The summed E-state index contributed by atoms with van der Waals surface area (Å²) in [5.74, 6) is 0.420. The van der Waals surface area contributed by atoms with E-state index in [-0.39, 0.29) is 35.3 Å². The Morgan fingerprint density at radius 2 is 1.89 bits per heavy atom. The van der Waals surface area contributed by atoms with Gasteiger partial charge in [0.1, 0.15) is 0 Å². The van der Waals surface area contributed by atoms with Gasteiger partial charge in [-0.25, -0.2) is 0 Å². The lowest BCUT2D eigenvalue weighted by molar-refractivity contribution is -0.130. The van der Waals surface area contributed by atoms with Crippen LogP contribution in [-0.4, -0.2) is 46.2 Å². The van der Waals surface area contributed by atoms with Crippen molar-refractivity contribution in [2.75, 3.05) is 19.6 Å². The molecule has 3 atom stereocenters. The van der Waals surface area contributed by atoms with Gasteiger partial charge in [-0.1, -0.05) is 24.3 Å². The van der Waals surface area contributed by atoms with Gasteiger partial charge < -0.3 is 14.8 Å². The lowest BCUT2D eigenvalue weighted by Crippen LogP contribution is -2.37. The van der Waals surface area contributed by atoms with Crippen molar-refractivity contribution in [1.29, 1.82) is 0 Å². The third-order valence-electron chi connectivity index (χ3n) is 5.88. The number of amides is 2. The Balaban J connectivity index is 1.62. The fraction of sp³-hybridized carbons (Fsp3) is 0.381. The molecule has 1 aromatic heterocycles. The van der Waals surface area contributed by atoms with Crippen LogP contribution in [0.2, 0.25) is 0 Å². The number of rotatable bonds is 2. The number of hydrogen-bond donors (Lipinski definition) is 1. The maximum Gasteiger partial charge on any atom is 0.254 e. The van der Waals surface area contributed by atoms with E-state index in [2.05, 4.69) is 24.0 Å². The first-order valence-corrected chi connectivity index (χ1v) is 9.26. The van der Waals surface area contributed by atoms with E-state index >= 15 is 0 Å². The van der Waals surface area contributed by atoms with Crippen molar-refractivity contribution >= 4 is 11.8 Å². The molecule has 0 spiro atoms. The average Bonchev–Trinajstić information content (AvgIpc) is 3.20. The van der Waals surface area contributed by atoms with E-state index in [9.17, 15) is 14.4 Å². The fourth-order valence-electron chi connectivity index (χ4n) is 4.61. The zero-order valence-electron chi connectivity index (χ0n) is 15.5. The Morgan fingerprint density at radius 3 is 2.59 bits per heavy atom. The van der Waals surface area contributed by atoms with Gasteiger partial charge in [-0.15, -0.1) is 0 Å². The van der Waals surface area contributed by atoms with Gasteiger partial charge in [0.05, 0.1) is 6.04 Å². The number of aromatic nitrogens is 1. The summed E-state index contributed by atoms with van der Waals surface area (Å²) < 4.78 is 0. The summed E-state index contributed by atoms with van der Waals surface area (Å²) in [5, 5.41) is 0. The van der Waals surface area contributed by atoms with Crippen LogP contribution in [0.4, 0.5) is 0 Å². The number of aromatic amines is 1. The molecule has 2 saturated heterocycles. The first-order chi connectivity index (χ1) is 13.0. The minimum Gasteiger partial charge on any atom is -0.338 e. The first kappa shape index (κ1) is 17.5. The van der Waals surface area contributed by atoms with Crippen LogP contribution >= 0.6 is 0 Å². The summed E-state index contributed by atoms with van der Waals surface area (Å²) in [6.07, 6.45) is 1.50. The molecular formula is C21H23N3O3. The largest absolute Gasteiger partial charge is 0.338 e. The number of nitrogens with one attached hydrogen (secondary N) is 1. The highest BCUT2D eigenvalue weighted by Crippen LogP contribution is 2.45. The molecular weight excluding hydrogens is 342 g/mol. The van der Waals surface area contributed by atoms with Gasteiger partial charge in [0.15, 0.2) is 0 Å². The second-order valence-electron chi connectivity index (χ2n) is 7.55. The Morgan fingerprint density at radius 1 is 1.11 bits per heavy atom. The van der Waals surface area contributed by atoms with Crippen LogP contribution in [0.25, 0.3) is 0 Å². The predicted octanol–water partition coefficient (Wildman–Crippen LogP) is 1.97. The molecule has 0 bridgehead atoms. The molecule has 2 amide bonds. The van der Waals surface area contributed by atoms with Crippen molar-refractivity contribution in [2.24, 2.45) is 11.8 Å². The van der Waals surface area contributed by atoms with Crippen LogP contribution in [0, 0.1) is 18.8 Å². The molecule has 140 valence electrons. The second kappa shape index (κ2) is 6.68. The molecule has 4 rings (SSSR count). The van der Waals surface area contributed by atoms with E-state index in [1.807, 2.05) is 21.9 Å². The van der Waals surface area contributed by atoms with Crippen LogP contribution in [0.15, 0.2) is 47.4 Å². The molecule has 2 fully saturated rings. The summed E-state index contributed by atoms with van der Waals surface area (Å²) in [5.41, 5.74) is 2.45. The van der Waals surface area contributed by atoms with Crippen molar-refractivity contribution in [3.8, 4) is 0 Å². The highest BCUT2D eigenvalue weighted by atomic mass is 16.2. The monoisotopic (exact) mass is 365 g/mol. The Kier molecular flexibility index (Phi) is 4.34. The number of pyridine rings is 1. The van der Waals surface area contributed by atoms with Crippen LogP contribution in [0.5, 0.6) is 0 Å². The molecule has 0 saturated carbocycles. The van der Waals surface area contributed by atoms with E-state index in [1.165, 1.54) is 12.3 Å². The lowest BCUT2D eigenvalue weighted by Gasteiger charge is -2.30. The Labute approximate surface area is 157 Å². The molecule has 1 aromatic carbocycles. The lowest BCUT2D eigenvalue weighted by atomic mass is 9.87. The highest BCUT2D eigenvalue weighted by Gasteiger charge is 2.49. The number of fused-ring (bicyclic) bond motifs is 1. The van der Waals surface area contributed by atoms with Gasteiger partial charge in [-0.2, -0.15) is 0 Å². The minimum absolute atomic E-state index is 0.00863. The van der Waals surface area contributed by atoms with E-state index in [0.29, 0.717) is 25.2 Å². The molecule has 0 aliphatic carbocycles. The number of hydrogen-bond acceptors (Lipinski definition) is 3. The van der Waals surface area contributed by atoms with Gasteiger partial charge >= 0.3 is 0 Å². The third kappa shape index (κ3) is 3.05. The molecule has 1 N–H and O–H groups in total. The standard InChI is InChI=1S/C21H23N3O3/c1-13-5-3-4-6-17(13)20-18-12-23(10-16(18)11-24(20)14(2)25)21(27)15-7-8-22-19(26)9-15/h3-9,16,18,20H,10-12H2,1-2H3,(H,22,26)/t16-,18-,20+/m1/s1. The minimum atomic E-state index is -0.277. The van der Waals surface area contributed by atoms with E-state index < -0.39 is 0 Å². The van der Waals surface area contributed by atoms with Gasteiger partial charge in [0, 0.05) is 56.2 Å². The quantitative estimate of drug-likeness (QED) is 0.884. The molecule has 6 nitrogen and oxygen atoms in total. The number of likely N-dealkylation sites (tertiary alicyclic amines) is 2. The number of benzene rings is 1. The summed E-state index contributed by atoms with van der Waals surface area (Å²) >= 11 is 0. The number of aryl methyl sites for hydroxylation is 1. The second-order valence-corrected chi connectivity index (χ2v) is 7.55. The van der Waals surface area contributed by atoms with Crippen molar-refractivity contribution in [1.82, 2.24) is 14.8 Å². The summed E-state index contributed by atoms with van der Waals surface area (Å²) in [4.78, 5) is 42.9. The van der Waals surface area contributed by atoms with Gasteiger partial charge in [-0.3, -0.25) is 14.4 Å². The highest BCUT2D eigenvalue weighted by molar-refractivity contribution is 5.94.